The molecule has 0 radical (unpaired) electrons. The molecule has 0 atom stereocenters. The zero-order chi connectivity index (χ0) is 42.1. The number of imide groups is 1. The number of benzene rings is 3. The molecule has 3 N–H and O–H groups in total. The maximum absolute atomic E-state index is 15.0. The summed E-state index contributed by atoms with van der Waals surface area (Å²) in [6.45, 7) is 3.50. The van der Waals surface area contributed by atoms with Crippen LogP contribution >= 0.6 is 0 Å². The smallest absolute Gasteiger partial charge is 0.410 e. The number of urea groups is 1. The average molecular weight is 830 g/mol. The zero-order valence-electron chi connectivity index (χ0n) is 34.4. The number of aryl methyl sites for hydroxylation is 1. The van der Waals surface area contributed by atoms with Gasteiger partial charge in [-0.2, -0.15) is 5.10 Å². The third-order valence-corrected chi connectivity index (χ3v) is 13.0. The van der Waals surface area contributed by atoms with Crippen molar-refractivity contribution in [2.45, 2.75) is 81.5 Å². The minimum Gasteiger partial charge on any atom is -0.446 e. The first-order valence-electron chi connectivity index (χ1n) is 21.5. The molecule has 5 heterocycles. The third-order valence-electron chi connectivity index (χ3n) is 13.0. The Labute approximate surface area is 354 Å². The van der Waals surface area contributed by atoms with Gasteiger partial charge in [0.25, 0.3) is 0 Å². The van der Waals surface area contributed by atoms with Gasteiger partial charge in [0.15, 0.2) is 11.6 Å². The van der Waals surface area contributed by atoms with Crippen LogP contribution in [0.2, 0.25) is 0 Å². The summed E-state index contributed by atoms with van der Waals surface area (Å²) in [5.74, 6) is 0.542. The quantitative estimate of drug-likeness (QED) is 0.144. The summed E-state index contributed by atoms with van der Waals surface area (Å²) in [6, 6.07) is 23.6. The molecule has 0 unspecified atom stereocenters. The Morgan fingerprint density at radius 1 is 0.902 bits per heavy atom. The summed E-state index contributed by atoms with van der Waals surface area (Å²) in [7, 11) is 1.87. The van der Waals surface area contributed by atoms with Gasteiger partial charge < -0.3 is 25.0 Å². The van der Waals surface area contributed by atoms with Crippen molar-refractivity contribution in [3.05, 3.63) is 90.4 Å². The molecule has 3 aromatic carbocycles. The molecule has 1 aliphatic carbocycles. The van der Waals surface area contributed by atoms with E-state index in [9.17, 15) is 23.9 Å². The van der Waals surface area contributed by atoms with E-state index >= 15 is 0 Å². The summed E-state index contributed by atoms with van der Waals surface area (Å²) in [6.07, 6.45) is 6.77. The molecule has 3 saturated heterocycles. The second-order valence-electron chi connectivity index (χ2n) is 17.1. The van der Waals surface area contributed by atoms with Crippen LogP contribution in [0.15, 0.2) is 79.0 Å². The van der Waals surface area contributed by atoms with Gasteiger partial charge in [-0.15, -0.1) is 0 Å². The maximum Gasteiger partial charge on any atom is 0.410 e. The van der Waals surface area contributed by atoms with Crippen LogP contribution in [0, 0.1) is 5.82 Å². The Morgan fingerprint density at radius 3 is 2.39 bits per heavy atom. The molecule has 15 heteroatoms. The van der Waals surface area contributed by atoms with E-state index in [4.69, 9.17) is 4.74 Å². The highest BCUT2D eigenvalue weighted by molar-refractivity contribution is 6.08. The first kappa shape index (κ1) is 40.5. The number of amides is 4. The van der Waals surface area contributed by atoms with E-state index in [1.54, 1.807) is 9.58 Å². The van der Waals surface area contributed by atoms with Gasteiger partial charge in [0.05, 0.1) is 17.3 Å². The number of carbonyl (C=O) groups excluding carboxylic acids is 3. The van der Waals surface area contributed by atoms with Crippen molar-refractivity contribution < 1.29 is 28.6 Å². The molecule has 9 rings (SSSR count). The van der Waals surface area contributed by atoms with E-state index in [0.29, 0.717) is 75.1 Å². The van der Waals surface area contributed by atoms with Crippen molar-refractivity contribution >= 4 is 40.7 Å². The number of piperidine rings is 2. The highest BCUT2D eigenvalue weighted by atomic mass is 19.1. The third kappa shape index (κ3) is 8.94. The van der Waals surface area contributed by atoms with Crippen molar-refractivity contribution in [3.8, 4) is 22.4 Å². The largest absolute Gasteiger partial charge is 0.446 e. The molecule has 4 aliphatic rings. The van der Waals surface area contributed by atoms with Gasteiger partial charge in [-0.3, -0.25) is 19.7 Å². The fourth-order valence-corrected chi connectivity index (χ4v) is 9.42. The molecule has 3 aliphatic heterocycles. The van der Waals surface area contributed by atoms with E-state index in [1.165, 1.54) is 16.7 Å². The van der Waals surface area contributed by atoms with Crippen LogP contribution in [0.1, 0.15) is 69.3 Å². The standard InChI is InChI=1S/C46H52FN9O5/c1-53-39-27-33(10-15-37(39)42(52-53)56-23-18-40(57)50-44(56)58)31-16-21-54(22-17-31)29-46(60)19-24-55(25-20-46)45(59)61-36-13-11-35(12-14-36)49-43-48-28-38(47)41(51-43)34-9-5-8-32(26-34)30-6-3-2-4-7-30/h2-10,15,26-28,31,35-36,60H,11-14,16-25,29H2,1H3,(H,48,49,51)(H,50,57,58)/t35-,36-. The number of ether oxygens (including phenoxy) is 1. The second kappa shape index (κ2) is 17.2. The summed E-state index contributed by atoms with van der Waals surface area (Å²) in [5.41, 5.74) is 4.25. The number of rotatable bonds is 9. The molecular formula is C46H52FN9O5. The molecule has 61 heavy (non-hydrogen) atoms. The molecule has 2 aromatic heterocycles. The van der Waals surface area contributed by atoms with Crippen LogP contribution in [0.25, 0.3) is 33.3 Å². The van der Waals surface area contributed by atoms with Crippen molar-refractivity contribution in [2.24, 2.45) is 7.05 Å². The number of nitrogens with one attached hydrogen (secondary N) is 2. The lowest BCUT2D eigenvalue weighted by atomic mass is 9.86. The molecule has 0 spiro atoms. The number of aliphatic hydroxyl groups is 1. The van der Waals surface area contributed by atoms with E-state index in [1.807, 2.05) is 67.7 Å². The van der Waals surface area contributed by atoms with Crippen LogP contribution in [-0.2, 0) is 16.6 Å². The minimum atomic E-state index is -0.865. The molecule has 0 bridgehead atoms. The van der Waals surface area contributed by atoms with Crippen molar-refractivity contribution in [3.63, 3.8) is 0 Å². The molecule has 318 valence electrons. The van der Waals surface area contributed by atoms with Crippen molar-refractivity contribution in [2.75, 3.05) is 49.5 Å². The lowest BCUT2D eigenvalue weighted by molar-refractivity contribution is -0.120. The Balaban J connectivity index is 0.713. The van der Waals surface area contributed by atoms with E-state index in [-0.39, 0.29) is 36.3 Å². The van der Waals surface area contributed by atoms with Gasteiger partial charge in [0.2, 0.25) is 11.9 Å². The number of β-amino-alcohol motifs (C(OH)–C–C–N with tert-alkyl or cyclic N) is 1. The first-order valence-corrected chi connectivity index (χ1v) is 21.5. The molecule has 14 nitrogen and oxygen atoms in total. The van der Waals surface area contributed by atoms with Gasteiger partial charge in [-0.25, -0.2) is 23.9 Å². The van der Waals surface area contributed by atoms with Crippen LogP contribution in [-0.4, -0.2) is 110 Å². The number of hydrogen-bond donors (Lipinski definition) is 3. The molecule has 4 fully saturated rings. The average Bonchev–Trinajstić information content (AvgIpc) is 3.60. The van der Waals surface area contributed by atoms with Gasteiger partial charge in [-0.05, 0) is 105 Å². The highest BCUT2D eigenvalue weighted by Crippen LogP contribution is 2.35. The topological polar surface area (TPSA) is 158 Å². The number of fused-ring (bicyclic) bond motifs is 1. The lowest BCUT2D eigenvalue weighted by Gasteiger charge is -2.42. The number of nitrogens with zero attached hydrogens (tertiary/aromatic N) is 7. The normalized spacial score (nSPS) is 21.4. The predicted octanol–water partition coefficient (Wildman–Crippen LogP) is 6.85. The van der Waals surface area contributed by atoms with Gasteiger partial charge in [0, 0.05) is 56.6 Å². The Kier molecular flexibility index (Phi) is 11.4. The fraction of sp³-hybridized carbons (Fsp3) is 0.435. The first-order chi connectivity index (χ1) is 29.6. The summed E-state index contributed by atoms with van der Waals surface area (Å²) < 4.78 is 22.7. The van der Waals surface area contributed by atoms with Crippen LogP contribution in [0.4, 0.5) is 25.7 Å². The number of likely N-dealkylation sites (tertiary alicyclic amines) is 2. The molecule has 1 saturated carbocycles. The van der Waals surface area contributed by atoms with Crippen molar-refractivity contribution in [1.29, 1.82) is 0 Å². The number of hydrogen-bond acceptors (Lipinski definition) is 10. The van der Waals surface area contributed by atoms with E-state index in [0.717, 1.165) is 60.8 Å². The van der Waals surface area contributed by atoms with Crippen LogP contribution in [0.3, 0.4) is 0 Å². The minimum absolute atomic E-state index is 0.0714. The highest BCUT2D eigenvalue weighted by Gasteiger charge is 2.38. The Hall–Kier alpha value is -5.93. The van der Waals surface area contributed by atoms with Crippen LogP contribution < -0.4 is 15.5 Å². The van der Waals surface area contributed by atoms with Gasteiger partial charge in [-0.1, -0.05) is 54.6 Å². The lowest BCUT2D eigenvalue weighted by Crippen LogP contribution is -2.53. The Bertz CT molecular complexity index is 2400. The monoisotopic (exact) mass is 829 g/mol. The van der Waals surface area contributed by atoms with Gasteiger partial charge >= 0.3 is 12.1 Å². The van der Waals surface area contributed by atoms with Crippen LogP contribution in [0.5, 0.6) is 0 Å². The van der Waals surface area contributed by atoms with E-state index in [2.05, 4.69) is 42.7 Å². The predicted molar refractivity (Wildman–Crippen MR) is 229 cm³/mol. The molecule has 4 amide bonds. The molecular weight excluding hydrogens is 778 g/mol. The molecule has 5 aromatic rings. The number of carbonyl (C=O) groups is 3. The SMILES string of the molecule is Cn1nc(N2CCC(=O)NC2=O)c2ccc(C3CCN(CC4(O)CCN(C(=O)O[C@H]5CC[C@H](Nc6ncc(F)c(-c7cccc(-c8ccccc8)c7)n6)CC5)CC4)CC3)cc21. The zero-order valence-corrected chi connectivity index (χ0v) is 34.4. The number of halogens is 1. The van der Waals surface area contributed by atoms with Crippen molar-refractivity contribution in [1.82, 2.24) is 34.9 Å². The van der Waals surface area contributed by atoms with E-state index < -0.39 is 17.4 Å². The summed E-state index contributed by atoms with van der Waals surface area (Å²) >= 11 is 0. The fourth-order valence-electron chi connectivity index (χ4n) is 9.42. The number of anilines is 2. The maximum atomic E-state index is 15.0. The summed E-state index contributed by atoms with van der Waals surface area (Å²) in [4.78, 5) is 51.8. The number of aromatic nitrogens is 4. The Morgan fingerprint density at radius 2 is 1.64 bits per heavy atom. The van der Waals surface area contributed by atoms with Gasteiger partial charge in [0.1, 0.15) is 11.8 Å². The second-order valence-corrected chi connectivity index (χ2v) is 17.1. The summed E-state index contributed by atoms with van der Waals surface area (Å²) in [5, 5.41) is 22.9.